The fraction of sp³-hybridized carbons (Fsp3) is 0.778. The molecule has 0 spiro atoms. The van der Waals surface area contributed by atoms with Crippen LogP contribution in [0.3, 0.4) is 0 Å². The molecule has 2 aliphatic heterocycles. The van der Waals surface area contributed by atoms with E-state index in [4.69, 9.17) is 14.7 Å². The van der Waals surface area contributed by atoms with Crippen molar-refractivity contribution in [3.8, 4) is 0 Å². The van der Waals surface area contributed by atoms with E-state index in [1.807, 2.05) is 0 Å². The van der Waals surface area contributed by atoms with Crippen LogP contribution < -0.4 is 0 Å². The number of aliphatic hydroxyl groups excluding tert-OH is 2. The minimum absolute atomic E-state index is 0.0389. The third-order valence-electron chi connectivity index (χ3n) is 5.13. The van der Waals surface area contributed by atoms with Gasteiger partial charge >= 0.3 is 5.97 Å². The molecule has 0 saturated heterocycles. The van der Waals surface area contributed by atoms with Crippen LogP contribution in [0.1, 0.15) is 39.5 Å². The number of hydrogen-bond acceptors (Lipinski definition) is 8. The van der Waals surface area contributed by atoms with Crippen molar-refractivity contribution in [2.45, 2.75) is 69.5 Å². The van der Waals surface area contributed by atoms with Crippen molar-refractivity contribution in [1.82, 2.24) is 5.06 Å². The highest BCUT2D eigenvalue weighted by Crippen LogP contribution is 2.42. The Morgan fingerprint density at radius 3 is 2.68 bits per heavy atom. The Kier molecular flexibility index (Phi) is 7.74. The summed E-state index contributed by atoms with van der Waals surface area (Å²) in [6.45, 7) is 3.51. The van der Waals surface area contributed by atoms with E-state index in [1.54, 1.807) is 0 Å². The Labute approximate surface area is 168 Å². The topological polar surface area (TPSA) is 137 Å². The summed E-state index contributed by atoms with van der Waals surface area (Å²) in [6.07, 6.45) is -0.360. The molecule has 5 atom stereocenters. The number of thioether (sulfide) groups is 1. The first-order valence-electron chi connectivity index (χ1n) is 9.34. The molecule has 0 bridgehead atoms. The van der Waals surface area contributed by atoms with E-state index in [0.717, 1.165) is 36.1 Å². The molecular formula is C18H29NO8S. The SMILES string of the molecule is CCCCC[C@@H]1OC2=C(C(=O)N(OC)[C@H]2CSC[C@H](O)C(=O)O)[C@@H](O)[C@]1(C)O. The van der Waals surface area contributed by atoms with Gasteiger partial charge in [0.25, 0.3) is 5.91 Å². The number of carbonyl (C=O) groups is 2. The van der Waals surface area contributed by atoms with Gasteiger partial charge in [0.05, 0.1) is 12.7 Å². The molecule has 0 unspecified atom stereocenters. The zero-order valence-electron chi connectivity index (χ0n) is 16.3. The highest BCUT2D eigenvalue weighted by molar-refractivity contribution is 7.99. The zero-order chi connectivity index (χ0) is 21.1. The summed E-state index contributed by atoms with van der Waals surface area (Å²) in [5, 5.41) is 40.8. The summed E-state index contributed by atoms with van der Waals surface area (Å²) in [6, 6.07) is -0.682. The predicted molar refractivity (Wildman–Crippen MR) is 101 cm³/mol. The largest absolute Gasteiger partial charge is 0.489 e. The van der Waals surface area contributed by atoms with Crippen molar-refractivity contribution >= 4 is 23.6 Å². The third kappa shape index (κ3) is 4.46. The first kappa shape index (κ1) is 23.0. The molecule has 0 radical (unpaired) electrons. The third-order valence-corrected chi connectivity index (χ3v) is 6.24. The highest BCUT2D eigenvalue weighted by Gasteiger charge is 2.56. The van der Waals surface area contributed by atoms with Gasteiger partial charge in [0.1, 0.15) is 29.6 Å². The maximum atomic E-state index is 12.7. The molecule has 0 aromatic heterocycles. The van der Waals surface area contributed by atoms with Crippen LogP contribution in [0.5, 0.6) is 0 Å². The normalized spacial score (nSPS) is 31.0. The van der Waals surface area contributed by atoms with E-state index in [9.17, 15) is 24.9 Å². The van der Waals surface area contributed by atoms with Gasteiger partial charge < -0.3 is 25.2 Å². The molecule has 2 aliphatic rings. The van der Waals surface area contributed by atoms with Crippen LogP contribution in [0.15, 0.2) is 11.3 Å². The minimum Gasteiger partial charge on any atom is -0.489 e. The molecule has 4 N–H and O–H groups in total. The standard InChI is InChI=1S/C18H29NO8S/c1-4-5-6-7-12-18(2,25)15(21)13-14(27-12)10(19(26-3)16(13)22)8-28-9-11(20)17(23)24/h10-12,15,20-21,25H,4-9H2,1-3H3,(H,23,24)/t10-,11-,12-,15+,18+/m0/s1. The summed E-state index contributed by atoms with van der Waals surface area (Å²) < 4.78 is 6.00. The molecule has 160 valence electrons. The fourth-order valence-electron chi connectivity index (χ4n) is 3.43. The Balaban J connectivity index is 2.21. The van der Waals surface area contributed by atoms with E-state index >= 15 is 0 Å². The van der Waals surface area contributed by atoms with Crippen molar-refractivity contribution in [2.24, 2.45) is 0 Å². The molecule has 0 aliphatic carbocycles. The molecule has 9 nitrogen and oxygen atoms in total. The lowest BCUT2D eigenvalue weighted by atomic mass is 9.82. The maximum Gasteiger partial charge on any atom is 0.333 e. The van der Waals surface area contributed by atoms with Crippen LogP contribution >= 0.6 is 11.8 Å². The number of ether oxygens (including phenoxy) is 1. The van der Waals surface area contributed by atoms with Crippen molar-refractivity contribution in [3.63, 3.8) is 0 Å². The predicted octanol–water partition coefficient (Wildman–Crippen LogP) is 0.282. The van der Waals surface area contributed by atoms with Crippen LogP contribution in [-0.4, -0.2) is 85.9 Å². The van der Waals surface area contributed by atoms with E-state index in [1.165, 1.54) is 14.0 Å². The number of hydroxylamine groups is 2. The lowest BCUT2D eigenvalue weighted by Crippen LogP contribution is -2.55. The summed E-state index contributed by atoms with van der Waals surface area (Å²) in [5.41, 5.74) is -1.66. The Morgan fingerprint density at radius 1 is 1.43 bits per heavy atom. The number of nitrogens with zero attached hydrogens (tertiary/aromatic N) is 1. The number of hydrogen-bond donors (Lipinski definition) is 4. The van der Waals surface area contributed by atoms with Crippen molar-refractivity contribution in [1.29, 1.82) is 0 Å². The smallest absolute Gasteiger partial charge is 0.333 e. The lowest BCUT2D eigenvalue weighted by Gasteiger charge is -2.41. The summed E-state index contributed by atoms with van der Waals surface area (Å²) in [5.74, 6) is -1.54. The highest BCUT2D eigenvalue weighted by atomic mass is 32.2. The van der Waals surface area contributed by atoms with Gasteiger partial charge in [0, 0.05) is 11.5 Å². The Bertz CT molecular complexity index is 623. The Morgan fingerprint density at radius 2 is 2.11 bits per heavy atom. The van der Waals surface area contributed by atoms with Gasteiger partial charge in [-0.1, -0.05) is 19.8 Å². The van der Waals surface area contributed by atoms with Crippen LogP contribution in [0, 0.1) is 0 Å². The van der Waals surface area contributed by atoms with Crippen LogP contribution in [0.2, 0.25) is 0 Å². The fourth-order valence-corrected chi connectivity index (χ4v) is 4.45. The second kappa shape index (κ2) is 9.45. The number of carboxylic acids is 1. The molecule has 28 heavy (non-hydrogen) atoms. The van der Waals surface area contributed by atoms with E-state index < -0.39 is 41.8 Å². The van der Waals surface area contributed by atoms with Crippen LogP contribution in [-0.2, 0) is 19.2 Å². The number of unbranched alkanes of at least 4 members (excludes halogenated alkanes) is 2. The number of rotatable bonds is 10. The van der Waals surface area contributed by atoms with Gasteiger partial charge in [-0.15, -0.1) is 0 Å². The van der Waals surface area contributed by atoms with Crippen LogP contribution in [0.4, 0.5) is 0 Å². The first-order chi connectivity index (χ1) is 13.2. The number of amides is 1. The average Bonchev–Trinajstić information content (AvgIpc) is 2.90. The van der Waals surface area contributed by atoms with Gasteiger partial charge in [0.2, 0.25) is 0 Å². The molecule has 0 saturated carbocycles. The van der Waals surface area contributed by atoms with Gasteiger partial charge in [0.15, 0.2) is 6.10 Å². The maximum absolute atomic E-state index is 12.7. The molecule has 1 amide bonds. The molecule has 2 heterocycles. The minimum atomic E-state index is -1.62. The van der Waals surface area contributed by atoms with Gasteiger partial charge in [-0.3, -0.25) is 9.63 Å². The number of carbonyl (C=O) groups excluding carboxylic acids is 1. The first-order valence-corrected chi connectivity index (χ1v) is 10.5. The molecule has 0 fully saturated rings. The number of carboxylic acid groups (broad SMARTS) is 1. The molecule has 10 heteroatoms. The van der Waals surface area contributed by atoms with Crippen molar-refractivity contribution < 1.29 is 39.6 Å². The quantitative estimate of drug-likeness (QED) is 0.368. The Hall–Kier alpha value is -1.33. The second-order valence-electron chi connectivity index (χ2n) is 7.23. The van der Waals surface area contributed by atoms with Gasteiger partial charge in [-0.2, -0.15) is 11.8 Å². The van der Waals surface area contributed by atoms with Gasteiger partial charge in [-0.05, 0) is 19.8 Å². The molecule has 0 aromatic rings. The van der Waals surface area contributed by atoms with E-state index in [0.29, 0.717) is 6.42 Å². The molecule has 2 rings (SSSR count). The summed E-state index contributed by atoms with van der Waals surface area (Å²) >= 11 is 1.12. The average molecular weight is 419 g/mol. The van der Waals surface area contributed by atoms with Crippen molar-refractivity contribution in [2.75, 3.05) is 18.6 Å². The molecule has 0 aromatic carbocycles. The van der Waals surface area contributed by atoms with Gasteiger partial charge in [-0.25, -0.2) is 9.86 Å². The van der Waals surface area contributed by atoms with Crippen molar-refractivity contribution in [3.05, 3.63) is 11.3 Å². The summed E-state index contributed by atoms with van der Waals surface area (Å²) in [4.78, 5) is 28.6. The number of aliphatic carboxylic acids is 1. The van der Waals surface area contributed by atoms with E-state index in [2.05, 4.69) is 6.92 Å². The van der Waals surface area contributed by atoms with Crippen LogP contribution in [0.25, 0.3) is 0 Å². The lowest BCUT2D eigenvalue weighted by molar-refractivity contribution is -0.176. The zero-order valence-corrected chi connectivity index (χ0v) is 17.1. The second-order valence-corrected chi connectivity index (χ2v) is 8.30. The monoisotopic (exact) mass is 419 g/mol. The molecular weight excluding hydrogens is 390 g/mol. The summed E-state index contributed by atoms with van der Waals surface area (Å²) in [7, 11) is 1.31. The number of aliphatic hydroxyl groups is 3. The van der Waals surface area contributed by atoms with E-state index in [-0.39, 0.29) is 22.8 Å².